The summed E-state index contributed by atoms with van der Waals surface area (Å²) in [5.74, 6) is 0.795. The van der Waals surface area contributed by atoms with Gasteiger partial charge in [0.1, 0.15) is 5.75 Å². The molecular formula is C13H18ClNO. The van der Waals surface area contributed by atoms with Crippen LogP contribution in [0.15, 0.2) is 12.1 Å². The van der Waals surface area contributed by atoms with Crippen LogP contribution in [0.2, 0.25) is 5.02 Å². The number of hydrogen-bond donors (Lipinski definition) is 1. The number of rotatable bonds is 3. The fourth-order valence-corrected chi connectivity index (χ4v) is 2.49. The molecule has 0 radical (unpaired) electrons. The number of benzene rings is 1. The minimum absolute atomic E-state index is 0.466. The van der Waals surface area contributed by atoms with E-state index in [4.69, 9.17) is 16.3 Å². The SMILES string of the molecule is CCOc1cc(C)c(C2CCCN2)cc1Cl. The first-order chi connectivity index (χ1) is 7.72. The lowest BCUT2D eigenvalue weighted by Gasteiger charge is -2.16. The van der Waals surface area contributed by atoms with Gasteiger partial charge in [0.15, 0.2) is 0 Å². The Morgan fingerprint density at radius 2 is 2.31 bits per heavy atom. The van der Waals surface area contributed by atoms with Gasteiger partial charge in [-0.05, 0) is 56.5 Å². The molecule has 0 aliphatic carbocycles. The van der Waals surface area contributed by atoms with Gasteiger partial charge >= 0.3 is 0 Å². The zero-order chi connectivity index (χ0) is 11.5. The molecule has 2 rings (SSSR count). The summed E-state index contributed by atoms with van der Waals surface area (Å²) in [6, 6.07) is 4.56. The van der Waals surface area contributed by atoms with Crippen LogP contribution in [-0.4, -0.2) is 13.2 Å². The Morgan fingerprint density at radius 3 is 2.94 bits per heavy atom. The summed E-state index contributed by atoms with van der Waals surface area (Å²) in [5, 5.41) is 4.21. The molecule has 1 aliphatic rings. The maximum atomic E-state index is 6.21. The number of halogens is 1. The highest BCUT2D eigenvalue weighted by atomic mass is 35.5. The van der Waals surface area contributed by atoms with E-state index in [-0.39, 0.29) is 0 Å². The second-order valence-corrected chi connectivity index (χ2v) is 4.63. The molecular weight excluding hydrogens is 222 g/mol. The molecule has 88 valence electrons. The van der Waals surface area contributed by atoms with E-state index in [2.05, 4.69) is 12.2 Å². The van der Waals surface area contributed by atoms with Gasteiger partial charge in [-0.25, -0.2) is 0 Å². The van der Waals surface area contributed by atoms with E-state index in [1.807, 2.05) is 19.1 Å². The maximum Gasteiger partial charge on any atom is 0.138 e. The van der Waals surface area contributed by atoms with Crippen LogP contribution >= 0.6 is 11.6 Å². The van der Waals surface area contributed by atoms with Gasteiger partial charge in [0, 0.05) is 6.04 Å². The normalized spacial score (nSPS) is 20.1. The third kappa shape index (κ3) is 2.33. The highest BCUT2D eigenvalue weighted by molar-refractivity contribution is 6.32. The summed E-state index contributed by atoms with van der Waals surface area (Å²) in [4.78, 5) is 0. The van der Waals surface area contributed by atoms with E-state index in [9.17, 15) is 0 Å². The lowest BCUT2D eigenvalue weighted by molar-refractivity contribution is 0.340. The first-order valence-electron chi connectivity index (χ1n) is 5.88. The predicted octanol–water partition coefficient (Wildman–Crippen LogP) is 3.47. The van der Waals surface area contributed by atoms with Crippen molar-refractivity contribution in [2.45, 2.75) is 32.7 Å². The molecule has 0 bridgehead atoms. The molecule has 16 heavy (non-hydrogen) atoms. The van der Waals surface area contributed by atoms with Crippen LogP contribution in [0.25, 0.3) is 0 Å². The fourth-order valence-electron chi connectivity index (χ4n) is 2.26. The molecule has 1 heterocycles. The number of nitrogens with one attached hydrogen (secondary N) is 1. The Hall–Kier alpha value is -0.730. The Labute approximate surface area is 102 Å². The smallest absolute Gasteiger partial charge is 0.138 e. The van der Waals surface area contributed by atoms with E-state index < -0.39 is 0 Å². The first kappa shape index (κ1) is 11.7. The van der Waals surface area contributed by atoms with Gasteiger partial charge < -0.3 is 10.1 Å². The van der Waals surface area contributed by atoms with Gasteiger partial charge in [0.25, 0.3) is 0 Å². The molecule has 2 nitrogen and oxygen atoms in total. The van der Waals surface area contributed by atoms with Crippen molar-refractivity contribution in [2.24, 2.45) is 0 Å². The molecule has 1 fully saturated rings. The minimum Gasteiger partial charge on any atom is -0.492 e. The van der Waals surface area contributed by atoms with Crippen molar-refractivity contribution < 1.29 is 4.74 Å². The summed E-state index contributed by atoms with van der Waals surface area (Å²) in [7, 11) is 0. The average molecular weight is 240 g/mol. The van der Waals surface area contributed by atoms with Crippen LogP contribution in [0.3, 0.4) is 0 Å². The van der Waals surface area contributed by atoms with Crippen LogP contribution in [0.4, 0.5) is 0 Å². The second kappa shape index (κ2) is 5.07. The van der Waals surface area contributed by atoms with E-state index in [1.165, 1.54) is 24.0 Å². The first-order valence-corrected chi connectivity index (χ1v) is 6.26. The van der Waals surface area contributed by atoms with Crippen LogP contribution in [0.5, 0.6) is 5.75 Å². The second-order valence-electron chi connectivity index (χ2n) is 4.22. The van der Waals surface area contributed by atoms with Gasteiger partial charge in [-0.15, -0.1) is 0 Å². The Kier molecular flexibility index (Phi) is 3.72. The van der Waals surface area contributed by atoms with Crippen molar-refractivity contribution in [2.75, 3.05) is 13.2 Å². The topological polar surface area (TPSA) is 21.3 Å². The number of aryl methyl sites for hydroxylation is 1. The zero-order valence-corrected chi connectivity index (χ0v) is 10.6. The van der Waals surface area contributed by atoms with E-state index in [0.29, 0.717) is 12.6 Å². The van der Waals surface area contributed by atoms with Gasteiger partial charge in [0.2, 0.25) is 0 Å². The van der Waals surface area contributed by atoms with Crippen LogP contribution < -0.4 is 10.1 Å². The summed E-state index contributed by atoms with van der Waals surface area (Å²) in [6.07, 6.45) is 2.44. The van der Waals surface area contributed by atoms with Gasteiger partial charge in [0.05, 0.1) is 11.6 Å². The van der Waals surface area contributed by atoms with Gasteiger partial charge in [-0.2, -0.15) is 0 Å². The van der Waals surface area contributed by atoms with Crippen molar-refractivity contribution in [3.63, 3.8) is 0 Å². The molecule has 1 saturated heterocycles. The third-order valence-corrected chi connectivity index (χ3v) is 3.35. The molecule has 3 heteroatoms. The van der Waals surface area contributed by atoms with Crippen LogP contribution in [0.1, 0.15) is 36.9 Å². The average Bonchev–Trinajstić information content (AvgIpc) is 2.76. The molecule has 0 amide bonds. The maximum absolute atomic E-state index is 6.21. The minimum atomic E-state index is 0.466. The summed E-state index contributed by atoms with van der Waals surface area (Å²) >= 11 is 6.21. The molecule has 1 aromatic carbocycles. The van der Waals surface area contributed by atoms with Crippen molar-refractivity contribution in [3.05, 3.63) is 28.3 Å². The Morgan fingerprint density at radius 1 is 1.50 bits per heavy atom. The highest BCUT2D eigenvalue weighted by Gasteiger charge is 2.19. The molecule has 0 spiro atoms. The van der Waals surface area contributed by atoms with E-state index in [1.54, 1.807) is 0 Å². The fraction of sp³-hybridized carbons (Fsp3) is 0.538. The summed E-state index contributed by atoms with van der Waals surface area (Å²) < 4.78 is 5.48. The van der Waals surface area contributed by atoms with Crippen molar-refractivity contribution >= 4 is 11.6 Å². The third-order valence-electron chi connectivity index (χ3n) is 3.06. The summed E-state index contributed by atoms with van der Waals surface area (Å²) in [6.45, 7) is 5.85. The predicted molar refractivity (Wildman–Crippen MR) is 67.3 cm³/mol. The molecule has 1 atom stereocenters. The molecule has 1 aromatic rings. The molecule has 1 unspecified atom stereocenters. The van der Waals surface area contributed by atoms with Crippen molar-refractivity contribution in [3.8, 4) is 5.75 Å². The Bertz CT molecular complexity index is 372. The lowest BCUT2D eigenvalue weighted by Crippen LogP contribution is -2.14. The van der Waals surface area contributed by atoms with Gasteiger partial charge in [-0.3, -0.25) is 0 Å². The molecule has 1 aliphatic heterocycles. The van der Waals surface area contributed by atoms with Crippen molar-refractivity contribution in [1.29, 1.82) is 0 Å². The molecule has 0 saturated carbocycles. The zero-order valence-electron chi connectivity index (χ0n) is 9.85. The highest BCUT2D eigenvalue weighted by Crippen LogP contribution is 2.33. The largest absolute Gasteiger partial charge is 0.492 e. The number of hydrogen-bond acceptors (Lipinski definition) is 2. The monoisotopic (exact) mass is 239 g/mol. The van der Waals surface area contributed by atoms with Gasteiger partial charge in [-0.1, -0.05) is 11.6 Å². The van der Waals surface area contributed by atoms with Crippen molar-refractivity contribution in [1.82, 2.24) is 5.32 Å². The molecule has 1 N–H and O–H groups in total. The molecule has 0 aromatic heterocycles. The lowest BCUT2D eigenvalue weighted by atomic mass is 10.00. The number of ether oxygens (including phenoxy) is 1. The Balaban J connectivity index is 2.29. The van der Waals surface area contributed by atoms with E-state index >= 15 is 0 Å². The standard InChI is InChI=1S/C13H18ClNO/c1-3-16-13-7-9(2)10(8-11(13)14)12-5-4-6-15-12/h7-8,12,15H,3-6H2,1-2H3. The van der Waals surface area contributed by atoms with Crippen LogP contribution in [0, 0.1) is 6.92 Å². The quantitative estimate of drug-likeness (QED) is 0.872. The van der Waals surface area contributed by atoms with E-state index in [0.717, 1.165) is 17.3 Å². The van der Waals surface area contributed by atoms with Crippen LogP contribution in [-0.2, 0) is 0 Å². The summed E-state index contributed by atoms with van der Waals surface area (Å²) in [5.41, 5.74) is 2.57.